The molecule has 0 aromatic heterocycles. The first-order valence-electron chi connectivity index (χ1n) is 8.33. The predicted octanol–water partition coefficient (Wildman–Crippen LogP) is 3.46. The lowest BCUT2D eigenvalue weighted by molar-refractivity contribution is 0.331. The molecule has 0 spiro atoms. The summed E-state index contributed by atoms with van der Waals surface area (Å²) in [4.78, 5) is 2.59. The molecule has 1 aliphatic heterocycles. The molecule has 3 rings (SSSR count). The Morgan fingerprint density at radius 3 is 2.62 bits per heavy atom. The van der Waals surface area contributed by atoms with Gasteiger partial charge in [0.25, 0.3) is 0 Å². The van der Waals surface area contributed by atoms with Crippen molar-refractivity contribution in [2.75, 3.05) is 32.7 Å². The summed E-state index contributed by atoms with van der Waals surface area (Å²) in [6, 6.07) is 15.3. The molecule has 2 heteroatoms. The van der Waals surface area contributed by atoms with Gasteiger partial charge < -0.3 is 10.2 Å². The van der Waals surface area contributed by atoms with E-state index in [1.807, 2.05) is 0 Å². The van der Waals surface area contributed by atoms with Crippen LogP contribution in [0.3, 0.4) is 0 Å². The van der Waals surface area contributed by atoms with Gasteiger partial charge in [-0.15, -0.1) is 0 Å². The highest BCUT2D eigenvalue weighted by Gasteiger charge is 2.09. The van der Waals surface area contributed by atoms with Gasteiger partial charge in [-0.05, 0) is 74.7 Å². The fourth-order valence-electron chi connectivity index (χ4n) is 3.29. The molecule has 0 saturated carbocycles. The van der Waals surface area contributed by atoms with Gasteiger partial charge in [-0.25, -0.2) is 0 Å². The van der Waals surface area contributed by atoms with Crippen molar-refractivity contribution in [2.24, 2.45) is 0 Å². The molecule has 0 aliphatic carbocycles. The van der Waals surface area contributed by atoms with Gasteiger partial charge in [-0.2, -0.15) is 0 Å². The standard InChI is InChI=1S/C19H26N2/c1-2-10-19-17(7-1)8-5-9-18(19)11-13-20-12-6-16-21-14-3-4-15-21/h1-2,5,7-10,20H,3-4,6,11-16H2. The van der Waals surface area contributed by atoms with Crippen LogP contribution in [-0.2, 0) is 6.42 Å². The molecule has 0 unspecified atom stereocenters. The summed E-state index contributed by atoms with van der Waals surface area (Å²) in [6.45, 7) is 6.11. The lowest BCUT2D eigenvalue weighted by atomic mass is 10.0. The van der Waals surface area contributed by atoms with Gasteiger partial charge in [0, 0.05) is 0 Å². The van der Waals surface area contributed by atoms with Gasteiger partial charge in [-0.1, -0.05) is 42.5 Å². The van der Waals surface area contributed by atoms with Gasteiger partial charge in [0.15, 0.2) is 0 Å². The van der Waals surface area contributed by atoms with E-state index in [0.717, 1.165) is 19.5 Å². The number of rotatable bonds is 7. The summed E-state index contributed by atoms with van der Waals surface area (Å²) in [5.41, 5.74) is 1.46. The van der Waals surface area contributed by atoms with Crippen molar-refractivity contribution in [2.45, 2.75) is 25.7 Å². The van der Waals surface area contributed by atoms with Crippen LogP contribution < -0.4 is 5.32 Å². The van der Waals surface area contributed by atoms with Crippen molar-refractivity contribution in [3.8, 4) is 0 Å². The maximum absolute atomic E-state index is 3.60. The van der Waals surface area contributed by atoms with Gasteiger partial charge >= 0.3 is 0 Å². The Hall–Kier alpha value is -1.38. The molecule has 2 aromatic rings. The molecular formula is C19H26N2. The molecule has 1 heterocycles. The summed E-state index contributed by atoms with van der Waals surface area (Å²) in [6.07, 6.45) is 5.18. The molecular weight excluding hydrogens is 256 g/mol. The lowest BCUT2D eigenvalue weighted by Gasteiger charge is -2.14. The largest absolute Gasteiger partial charge is 0.316 e. The van der Waals surface area contributed by atoms with Crippen LogP contribution in [0.2, 0.25) is 0 Å². The van der Waals surface area contributed by atoms with Crippen LogP contribution in [-0.4, -0.2) is 37.6 Å². The maximum atomic E-state index is 3.60. The fraction of sp³-hybridized carbons (Fsp3) is 0.474. The number of likely N-dealkylation sites (tertiary alicyclic amines) is 1. The van der Waals surface area contributed by atoms with E-state index in [1.54, 1.807) is 0 Å². The van der Waals surface area contributed by atoms with Crippen LogP contribution in [0.4, 0.5) is 0 Å². The zero-order chi connectivity index (χ0) is 14.3. The minimum atomic E-state index is 1.08. The van der Waals surface area contributed by atoms with Crippen molar-refractivity contribution in [3.63, 3.8) is 0 Å². The van der Waals surface area contributed by atoms with E-state index in [2.05, 4.69) is 52.7 Å². The first-order chi connectivity index (χ1) is 10.4. The summed E-state index contributed by atoms with van der Waals surface area (Å²) in [5.74, 6) is 0. The molecule has 0 amide bonds. The molecule has 0 radical (unpaired) electrons. The molecule has 0 atom stereocenters. The molecule has 112 valence electrons. The van der Waals surface area contributed by atoms with Crippen LogP contribution in [0.5, 0.6) is 0 Å². The number of benzene rings is 2. The van der Waals surface area contributed by atoms with Crippen molar-refractivity contribution < 1.29 is 0 Å². The molecule has 1 fully saturated rings. The first-order valence-corrected chi connectivity index (χ1v) is 8.33. The minimum Gasteiger partial charge on any atom is -0.316 e. The van der Waals surface area contributed by atoms with E-state index >= 15 is 0 Å². The molecule has 1 saturated heterocycles. The van der Waals surface area contributed by atoms with Gasteiger partial charge in [0.2, 0.25) is 0 Å². The second-order valence-corrected chi connectivity index (χ2v) is 6.04. The minimum absolute atomic E-state index is 1.08. The summed E-state index contributed by atoms with van der Waals surface area (Å²) in [5, 5.41) is 6.35. The summed E-state index contributed by atoms with van der Waals surface area (Å²) < 4.78 is 0. The molecule has 1 aliphatic rings. The third-order valence-corrected chi connectivity index (χ3v) is 4.48. The zero-order valence-electron chi connectivity index (χ0n) is 12.9. The monoisotopic (exact) mass is 282 g/mol. The second kappa shape index (κ2) is 7.58. The van der Waals surface area contributed by atoms with E-state index in [-0.39, 0.29) is 0 Å². The summed E-state index contributed by atoms with van der Waals surface area (Å²) >= 11 is 0. The van der Waals surface area contributed by atoms with Crippen LogP contribution in [0.15, 0.2) is 42.5 Å². The van der Waals surface area contributed by atoms with E-state index in [0.29, 0.717) is 0 Å². The van der Waals surface area contributed by atoms with Crippen molar-refractivity contribution in [1.82, 2.24) is 10.2 Å². The number of fused-ring (bicyclic) bond motifs is 1. The Morgan fingerprint density at radius 2 is 1.71 bits per heavy atom. The lowest BCUT2D eigenvalue weighted by Crippen LogP contribution is -2.25. The molecule has 2 aromatic carbocycles. The van der Waals surface area contributed by atoms with Crippen molar-refractivity contribution in [1.29, 1.82) is 0 Å². The van der Waals surface area contributed by atoms with Crippen LogP contribution in [0.1, 0.15) is 24.8 Å². The zero-order valence-corrected chi connectivity index (χ0v) is 12.9. The Morgan fingerprint density at radius 1 is 0.905 bits per heavy atom. The molecule has 2 nitrogen and oxygen atoms in total. The normalized spacial score (nSPS) is 15.8. The number of hydrogen-bond donors (Lipinski definition) is 1. The Bertz CT molecular complexity index is 553. The van der Waals surface area contributed by atoms with E-state index in [4.69, 9.17) is 0 Å². The second-order valence-electron chi connectivity index (χ2n) is 6.04. The Kier molecular flexibility index (Phi) is 5.25. The topological polar surface area (TPSA) is 15.3 Å². The van der Waals surface area contributed by atoms with E-state index in [1.165, 1.54) is 55.2 Å². The first kappa shape index (κ1) is 14.6. The highest BCUT2D eigenvalue weighted by atomic mass is 15.1. The van der Waals surface area contributed by atoms with E-state index < -0.39 is 0 Å². The number of nitrogens with one attached hydrogen (secondary N) is 1. The van der Waals surface area contributed by atoms with Gasteiger partial charge in [-0.3, -0.25) is 0 Å². The molecule has 21 heavy (non-hydrogen) atoms. The Balaban J connectivity index is 1.40. The van der Waals surface area contributed by atoms with Crippen LogP contribution in [0, 0.1) is 0 Å². The van der Waals surface area contributed by atoms with Gasteiger partial charge in [0.1, 0.15) is 0 Å². The summed E-state index contributed by atoms with van der Waals surface area (Å²) in [7, 11) is 0. The highest BCUT2D eigenvalue weighted by Crippen LogP contribution is 2.18. The average molecular weight is 282 g/mol. The molecule has 0 bridgehead atoms. The third kappa shape index (κ3) is 4.05. The van der Waals surface area contributed by atoms with Crippen LogP contribution in [0.25, 0.3) is 10.8 Å². The van der Waals surface area contributed by atoms with E-state index in [9.17, 15) is 0 Å². The smallest absolute Gasteiger partial charge is 0.000664 e. The molecule has 1 N–H and O–H groups in total. The number of nitrogens with zero attached hydrogens (tertiary/aromatic N) is 1. The van der Waals surface area contributed by atoms with Gasteiger partial charge in [0.05, 0.1) is 0 Å². The Labute approximate surface area is 128 Å². The van der Waals surface area contributed by atoms with Crippen LogP contribution >= 0.6 is 0 Å². The maximum Gasteiger partial charge on any atom is -0.000664 e. The average Bonchev–Trinajstić information content (AvgIpc) is 3.04. The number of hydrogen-bond acceptors (Lipinski definition) is 2. The predicted molar refractivity (Wildman–Crippen MR) is 90.8 cm³/mol. The highest BCUT2D eigenvalue weighted by molar-refractivity contribution is 5.85. The SMILES string of the molecule is c1ccc2c(CCNCCCN3CCCC3)cccc2c1. The quantitative estimate of drug-likeness (QED) is 0.782. The third-order valence-electron chi connectivity index (χ3n) is 4.48. The fourth-order valence-corrected chi connectivity index (χ4v) is 3.29. The van der Waals surface area contributed by atoms with Crippen molar-refractivity contribution >= 4 is 10.8 Å². The van der Waals surface area contributed by atoms with Crippen molar-refractivity contribution in [3.05, 3.63) is 48.0 Å².